The average Bonchev–Trinajstić information content (AvgIpc) is 2.40. The molecule has 2 aromatic rings. The lowest BCUT2D eigenvalue weighted by atomic mass is 10.3. The van der Waals surface area contributed by atoms with Crippen molar-refractivity contribution in [3.63, 3.8) is 0 Å². The summed E-state index contributed by atoms with van der Waals surface area (Å²) in [5.74, 6) is 1.02. The van der Waals surface area contributed by atoms with Crippen LogP contribution in [0, 0.1) is 9.39 Å². The van der Waals surface area contributed by atoms with Crippen molar-refractivity contribution in [1.29, 1.82) is 0 Å². The van der Waals surface area contributed by atoms with Crippen LogP contribution in [0.4, 0.5) is 4.39 Å². The summed E-state index contributed by atoms with van der Waals surface area (Å²) in [6, 6.07) is 6.48. The fourth-order valence-corrected chi connectivity index (χ4v) is 3.14. The van der Waals surface area contributed by atoms with Gasteiger partial charge in [-0.25, -0.2) is 14.4 Å². The third kappa shape index (κ3) is 4.03. The molecule has 0 aliphatic heterocycles. The molecule has 6 heteroatoms. The number of rotatable bonds is 4. The van der Waals surface area contributed by atoms with Crippen LogP contribution in [0.25, 0.3) is 0 Å². The van der Waals surface area contributed by atoms with E-state index in [1.165, 1.54) is 23.9 Å². The zero-order chi connectivity index (χ0) is 13.8. The molecule has 0 unspecified atom stereocenters. The molecule has 0 N–H and O–H groups in total. The highest BCUT2D eigenvalue weighted by Crippen LogP contribution is 2.25. The van der Waals surface area contributed by atoms with Gasteiger partial charge in [0, 0.05) is 4.90 Å². The van der Waals surface area contributed by atoms with Gasteiger partial charge in [0.2, 0.25) is 0 Å². The molecule has 0 atom stereocenters. The molecular formula is C13H11ClFIN2S. The molecule has 19 heavy (non-hydrogen) atoms. The van der Waals surface area contributed by atoms with Crippen molar-refractivity contribution in [3.05, 3.63) is 50.3 Å². The fraction of sp³-hybridized carbons (Fsp3) is 0.231. The Morgan fingerprint density at radius 1 is 1.37 bits per heavy atom. The summed E-state index contributed by atoms with van der Waals surface area (Å²) in [5.41, 5.74) is 0.954. The third-order valence-electron chi connectivity index (χ3n) is 2.42. The van der Waals surface area contributed by atoms with Crippen LogP contribution >= 0.6 is 46.0 Å². The molecule has 0 aliphatic rings. The molecule has 1 aromatic heterocycles. The summed E-state index contributed by atoms with van der Waals surface area (Å²) in [5, 5.41) is 0.488. The largest absolute Gasteiger partial charge is 0.236 e. The summed E-state index contributed by atoms with van der Waals surface area (Å²) in [7, 11) is 0. The Morgan fingerprint density at radius 3 is 2.84 bits per heavy atom. The highest BCUT2D eigenvalue weighted by atomic mass is 127. The minimum atomic E-state index is -0.235. The molecule has 0 amide bonds. The number of benzene rings is 1. The van der Waals surface area contributed by atoms with Crippen molar-refractivity contribution in [1.82, 2.24) is 9.97 Å². The molecule has 0 saturated heterocycles. The van der Waals surface area contributed by atoms with E-state index in [4.69, 9.17) is 11.6 Å². The maximum Gasteiger partial charge on any atom is 0.146 e. The van der Waals surface area contributed by atoms with Gasteiger partial charge in [-0.1, -0.05) is 24.6 Å². The molecule has 2 nitrogen and oxygen atoms in total. The smallest absolute Gasteiger partial charge is 0.146 e. The second-order valence-electron chi connectivity index (χ2n) is 3.79. The van der Waals surface area contributed by atoms with Crippen molar-refractivity contribution in [3.8, 4) is 0 Å². The van der Waals surface area contributed by atoms with Crippen molar-refractivity contribution in [2.24, 2.45) is 0 Å². The minimum absolute atomic E-state index is 0.235. The summed E-state index contributed by atoms with van der Waals surface area (Å²) in [4.78, 5) is 9.58. The quantitative estimate of drug-likeness (QED) is 0.416. The predicted octanol–water partition coefficient (Wildman–Crippen LogP) is 4.73. The lowest BCUT2D eigenvalue weighted by Gasteiger charge is -2.06. The number of thioether (sulfide) groups is 1. The van der Waals surface area contributed by atoms with E-state index >= 15 is 0 Å². The Hall–Kier alpha value is -0.400. The molecule has 0 bridgehead atoms. The standard InChI is InChI=1S/C13H11ClFIN2S/c1-2-10-12(16)13(14)18-11(17-10)7-19-9-5-3-4-8(15)6-9/h3-6H,2,7H2,1H3. The van der Waals surface area contributed by atoms with Crippen LogP contribution in [0.5, 0.6) is 0 Å². The van der Waals surface area contributed by atoms with Crippen molar-refractivity contribution < 1.29 is 4.39 Å². The number of aryl methyl sites for hydroxylation is 1. The van der Waals surface area contributed by atoms with Crippen LogP contribution in [-0.4, -0.2) is 9.97 Å². The third-order valence-corrected chi connectivity index (χ3v) is 5.14. The summed E-state index contributed by atoms with van der Waals surface area (Å²) < 4.78 is 14.0. The second kappa shape index (κ2) is 6.85. The van der Waals surface area contributed by atoms with Gasteiger partial charge >= 0.3 is 0 Å². The lowest BCUT2D eigenvalue weighted by molar-refractivity contribution is 0.624. The average molecular weight is 409 g/mol. The molecule has 2 rings (SSSR count). The molecule has 100 valence electrons. The second-order valence-corrected chi connectivity index (χ2v) is 6.28. The topological polar surface area (TPSA) is 25.8 Å². The molecule has 0 aliphatic carbocycles. The number of nitrogens with zero attached hydrogens (tertiary/aromatic N) is 2. The maximum atomic E-state index is 13.1. The van der Waals surface area contributed by atoms with Crippen LogP contribution in [0.2, 0.25) is 5.15 Å². The van der Waals surface area contributed by atoms with E-state index in [2.05, 4.69) is 32.6 Å². The zero-order valence-electron chi connectivity index (χ0n) is 10.2. The Kier molecular flexibility index (Phi) is 5.41. The molecule has 1 aromatic carbocycles. The van der Waals surface area contributed by atoms with Gasteiger partial charge in [0.05, 0.1) is 15.0 Å². The van der Waals surface area contributed by atoms with Crippen molar-refractivity contribution >= 4 is 46.0 Å². The zero-order valence-corrected chi connectivity index (χ0v) is 13.9. The predicted molar refractivity (Wildman–Crippen MR) is 85.1 cm³/mol. The van der Waals surface area contributed by atoms with Gasteiger partial charge in [0.25, 0.3) is 0 Å². The van der Waals surface area contributed by atoms with Crippen LogP contribution in [-0.2, 0) is 12.2 Å². The van der Waals surface area contributed by atoms with E-state index in [-0.39, 0.29) is 5.82 Å². The first-order valence-corrected chi connectivity index (χ1v) is 8.13. The molecular weight excluding hydrogens is 398 g/mol. The van der Waals surface area contributed by atoms with Gasteiger partial charge in [-0.3, -0.25) is 0 Å². The minimum Gasteiger partial charge on any atom is -0.236 e. The Bertz CT molecular complexity index is 595. The Balaban J connectivity index is 2.13. The number of hydrogen-bond donors (Lipinski definition) is 0. The Morgan fingerprint density at radius 2 is 2.16 bits per heavy atom. The van der Waals surface area contributed by atoms with Crippen molar-refractivity contribution in [2.45, 2.75) is 24.0 Å². The van der Waals surface area contributed by atoms with Crippen LogP contribution < -0.4 is 0 Å². The first-order valence-electron chi connectivity index (χ1n) is 5.69. The van der Waals surface area contributed by atoms with E-state index in [1.54, 1.807) is 6.07 Å². The normalized spacial score (nSPS) is 10.7. The SMILES string of the molecule is CCc1nc(CSc2cccc(F)c2)nc(Cl)c1I. The van der Waals surface area contributed by atoms with Gasteiger partial charge in [-0.2, -0.15) is 0 Å². The first kappa shape index (κ1) is 15.0. The van der Waals surface area contributed by atoms with Crippen LogP contribution in [0.15, 0.2) is 29.2 Å². The molecule has 0 radical (unpaired) electrons. The maximum absolute atomic E-state index is 13.1. The fourth-order valence-electron chi connectivity index (χ4n) is 1.51. The molecule has 0 fully saturated rings. The van der Waals surface area contributed by atoms with Crippen LogP contribution in [0.1, 0.15) is 18.4 Å². The number of hydrogen-bond acceptors (Lipinski definition) is 3. The molecule has 0 saturated carbocycles. The summed E-state index contributed by atoms with van der Waals surface area (Å²) in [6.45, 7) is 2.03. The first-order chi connectivity index (χ1) is 9.10. The molecule has 0 spiro atoms. The van der Waals surface area contributed by atoms with E-state index in [9.17, 15) is 4.39 Å². The van der Waals surface area contributed by atoms with E-state index in [0.717, 1.165) is 20.6 Å². The summed E-state index contributed by atoms with van der Waals surface area (Å²) >= 11 is 9.72. The highest BCUT2D eigenvalue weighted by Gasteiger charge is 2.09. The van der Waals surface area contributed by atoms with Gasteiger partial charge in [0.15, 0.2) is 0 Å². The van der Waals surface area contributed by atoms with Crippen LogP contribution in [0.3, 0.4) is 0 Å². The highest BCUT2D eigenvalue weighted by molar-refractivity contribution is 14.1. The van der Waals surface area contributed by atoms with Gasteiger partial charge in [-0.15, -0.1) is 11.8 Å². The number of aromatic nitrogens is 2. The number of halogens is 3. The lowest BCUT2D eigenvalue weighted by Crippen LogP contribution is -2.01. The summed E-state index contributed by atoms with van der Waals surface area (Å²) in [6.07, 6.45) is 0.818. The monoisotopic (exact) mass is 408 g/mol. The van der Waals surface area contributed by atoms with E-state index in [0.29, 0.717) is 16.7 Å². The Labute approximate surface area is 134 Å². The van der Waals surface area contributed by atoms with Crippen molar-refractivity contribution in [2.75, 3.05) is 0 Å². The van der Waals surface area contributed by atoms with Gasteiger partial charge in [-0.05, 0) is 47.2 Å². The van der Waals surface area contributed by atoms with Gasteiger partial charge in [0.1, 0.15) is 16.8 Å². The van der Waals surface area contributed by atoms with Gasteiger partial charge < -0.3 is 0 Å². The van der Waals surface area contributed by atoms with E-state index < -0.39 is 0 Å². The molecule has 1 heterocycles. The van der Waals surface area contributed by atoms with E-state index in [1.807, 2.05) is 13.0 Å².